The van der Waals surface area contributed by atoms with Crippen LogP contribution in [0.2, 0.25) is 0 Å². The Balaban J connectivity index is 1.86. The fraction of sp³-hybridized carbons (Fsp3) is 1.00. The molecule has 6 heteroatoms. The third kappa shape index (κ3) is 1.96. The van der Waals surface area contributed by atoms with Crippen LogP contribution < -0.4 is 0 Å². The first-order valence-electron chi connectivity index (χ1n) is 6.24. The Morgan fingerprint density at radius 1 is 0.833 bits per heavy atom. The zero-order valence-corrected chi connectivity index (χ0v) is 11.0. The van der Waals surface area contributed by atoms with Gasteiger partial charge in [0.15, 0.2) is 17.9 Å². The van der Waals surface area contributed by atoms with Crippen molar-refractivity contribution in [2.75, 3.05) is 6.67 Å². The van der Waals surface area contributed by atoms with Crippen LogP contribution in [-0.4, -0.2) is 49.0 Å². The van der Waals surface area contributed by atoms with Gasteiger partial charge in [-0.05, 0) is 27.7 Å². The molecule has 18 heavy (non-hydrogen) atoms. The summed E-state index contributed by atoms with van der Waals surface area (Å²) in [6.07, 6.45) is -2.46. The molecule has 0 aromatic rings. The first-order valence-corrected chi connectivity index (χ1v) is 6.24. The molecule has 3 rings (SSSR count). The highest BCUT2D eigenvalue weighted by Gasteiger charge is 2.60. The first kappa shape index (κ1) is 12.7. The molecule has 3 aliphatic heterocycles. The molecule has 0 aromatic carbocycles. The molecule has 3 fully saturated rings. The minimum atomic E-state index is -0.753. The van der Waals surface area contributed by atoms with Crippen molar-refractivity contribution < 1.29 is 28.1 Å². The number of hydrogen-bond acceptors (Lipinski definition) is 5. The summed E-state index contributed by atoms with van der Waals surface area (Å²) in [6.45, 7) is 6.57. The normalized spacial score (nSPS) is 48.8. The minimum absolute atomic E-state index is 0.360. The highest BCUT2D eigenvalue weighted by atomic mass is 19.1. The molecule has 3 saturated heterocycles. The zero-order valence-electron chi connectivity index (χ0n) is 11.0. The molecule has 0 amide bonds. The molecule has 0 saturated carbocycles. The van der Waals surface area contributed by atoms with Gasteiger partial charge in [0.25, 0.3) is 0 Å². The van der Waals surface area contributed by atoms with Gasteiger partial charge in [0.2, 0.25) is 0 Å². The third-order valence-electron chi connectivity index (χ3n) is 3.40. The average Bonchev–Trinajstić information content (AvgIpc) is 2.71. The number of fused-ring (bicyclic) bond motifs is 3. The fourth-order valence-corrected chi connectivity index (χ4v) is 2.82. The topological polar surface area (TPSA) is 46.2 Å². The van der Waals surface area contributed by atoms with Crippen LogP contribution in [0, 0.1) is 0 Å². The third-order valence-corrected chi connectivity index (χ3v) is 3.40. The first-order chi connectivity index (χ1) is 8.31. The Kier molecular flexibility index (Phi) is 2.74. The van der Waals surface area contributed by atoms with Gasteiger partial charge >= 0.3 is 0 Å². The van der Waals surface area contributed by atoms with E-state index < -0.39 is 36.7 Å². The van der Waals surface area contributed by atoms with Crippen LogP contribution in [-0.2, 0) is 23.7 Å². The number of hydrogen-bond donors (Lipinski definition) is 0. The van der Waals surface area contributed by atoms with Crippen LogP contribution in [0.4, 0.5) is 4.39 Å². The lowest BCUT2D eigenvalue weighted by Gasteiger charge is -2.35. The molecule has 0 aromatic heterocycles. The van der Waals surface area contributed by atoms with E-state index in [4.69, 9.17) is 23.7 Å². The summed E-state index contributed by atoms with van der Waals surface area (Å²) in [7, 11) is 0. The summed E-state index contributed by atoms with van der Waals surface area (Å²) in [6, 6.07) is 0. The van der Waals surface area contributed by atoms with Crippen molar-refractivity contribution >= 4 is 0 Å². The lowest BCUT2D eigenvalue weighted by Crippen LogP contribution is -2.55. The Hall–Kier alpha value is -0.270. The van der Waals surface area contributed by atoms with Crippen LogP contribution >= 0.6 is 0 Å². The summed E-state index contributed by atoms with van der Waals surface area (Å²) < 4.78 is 41.6. The van der Waals surface area contributed by atoms with Gasteiger partial charge in [0, 0.05) is 0 Å². The standard InChI is InChI=1S/C12H19FO5/c1-11(2)15-7-6(5-13)14-10-9(8(7)16-11)17-12(3,4)18-10/h6-10H,5H2,1-4H3/t6?,7-,8?,9?,10-/m0/s1. The molecule has 0 radical (unpaired) electrons. The van der Waals surface area contributed by atoms with Crippen molar-refractivity contribution in [2.45, 2.75) is 70.0 Å². The smallest absolute Gasteiger partial charge is 0.190 e. The van der Waals surface area contributed by atoms with Crippen LogP contribution in [0.5, 0.6) is 0 Å². The minimum Gasteiger partial charge on any atom is -0.342 e. The Labute approximate surface area is 105 Å². The van der Waals surface area contributed by atoms with Gasteiger partial charge in [0.1, 0.15) is 31.1 Å². The molecule has 0 bridgehead atoms. The van der Waals surface area contributed by atoms with E-state index in [1.165, 1.54) is 0 Å². The molecule has 3 heterocycles. The van der Waals surface area contributed by atoms with Gasteiger partial charge in [-0.1, -0.05) is 0 Å². The van der Waals surface area contributed by atoms with E-state index in [1.54, 1.807) is 27.7 Å². The van der Waals surface area contributed by atoms with E-state index >= 15 is 0 Å². The van der Waals surface area contributed by atoms with Crippen molar-refractivity contribution in [3.05, 3.63) is 0 Å². The van der Waals surface area contributed by atoms with E-state index in [-0.39, 0.29) is 12.2 Å². The van der Waals surface area contributed by atoms with Crippen LogP contribution in [0.15, 0.2) is 0 Å². The molecule has 0 spiro atoms. The maximum Gasteiger partial charge on any atom is 0.190 e. The molecular formula is C12H19FO5. The van der Waals surface area contributed by atoms with Gasteiger partial charge in [-0.25, -0.2) is 4.39 Å². The van der Waals surface area contributed by atoms with E-state index in [1.807, 2.05) is 0 Å². The van der Waals surface area contributed by atoms with E-state index in [2.05, 4.69) is 0 Å². The maximum atomic E-state index is 13.1. The van der Waals surface area contributed by atoms with E-state index in [0.29, 0.717) is 0 Å². The van der Waals surface area contributed by atoms with E-state index in [0.717, 1.165) is 0 Å². The van der Waals surface area contributed by atoms with Crippen molar-refractivity contribution in [3.63, 3.8) is 0 Å². The predicted molar refractivity (Wildman–Crippen MR) is 58.5 cm³/mol. The summed E-state index contributed by atoms with van der Waals surface area (Å²) in [5.41, 5.74) is 0. The SMILES string of the molecule is CC1(C)OC2C3OC(C)(C)O[C@H]3C(CF)O[C@H]2O1. The lowest BCUT2D eigenvalue weighted by molar-refractivity contribution is -0.236. The van der Waals surface area contributed by atoms with Crippen LogP contribution in [0.25, 0.3) is 0 Å². The van der Waals surface area contributed by atoms with Gasteiger partial charge in [-0.2, -0.15) is 0 Å². The average molecular weight is 262 g/mol. The zero-order chi connectivity index (χ0) is 13.1. The second kappa shape index (κ2) is 3.86. The number of rotatable bonds is 1. The summed E-state index contributed by atoms with van der Waals surface area (Å²) in [5.74, 6) is -1.50. The molecule has 0 N–H and O–H groups in total. The molecular weight excluding hydrogens is 243 g/mol. The van der Waals surface area contributed by atoms with E-state index in [9.17, 15) is 4.39 Å². The van der Waals surface area contributed by atoms with Gasteiger partial charge in [-0.15, -0.1) is 0 Å². The van der Waals surface area contributed by atoms with Crippen molar-refractivity contribution in [2.24, 2.45) is 0 Å². The summed E-state index contributed by atoms with van der Waals surface area (Å²) >= 11 is 0. The van der Waals surface area contributed by atoms with Gasteiger partial charge in [-0.3, -0.25) is 0 Å². The fourth-order valence-electron chi connectivity index (χ4n) is 2.82. The highest BCUT2D eigenvalue weighted by molar-refractivity contribution is 4.99. The van der Waals surface area contributed by atoms with Gasteiger partial charge < -0.3 is 23.7 Å². The second-order valence-electron chi connectivity index (χ2n) is 5.86. The summed E-state index contributed by atoms with van der Waals surface area (Å²) in [4.78, 5) is 0. The molecule has 104 valence electrons. The molecule has 5 atom stereocenters. The lowest BCUT2D eigenvalue weighted by atomic mass is 10.00. The van der Waals surface area contributed by atoms with Crippen molar-refractivity contribution in [1.82, 2.24) is 0 Å². The van der Waals surface area contributed by atoms with Crippen LogP contribution in [0.1, 0.15) is 27.7 Å². The quantitative estimate of drug-likeness (QED) is 0.714. The Morgan fingerprint density at radius 2 is 1.39 bits per heavy atom. The number of halogens is 1. The maximum absolute atomic E-state index is 13.1. The molecule has 5 nitrogen and oxygen atoms in total. The predicted octanol–water partition coefficient (Wildman–Crippen LogP) is 1.35. The number of alkyl halides is 1. The highest BCUT2D eigenvalue weighted by Crippen LogP contribution is 2.43. The molecule has 3 aliphatic rings. The second-order valence-corrected chi connectivity index (χ2v) is 5.86. The summed E-state index contributed by atoms with van der Waals surface area (Å²) in [5, 5.41) is 0. The largest absolute Gasteiger partial charge is 0.342 e. The van der Waals surface area contributed by atoms with Crippen molar-refractivity contribution in [3.8, 4) is 0 Å². The Morgan fingerprint density at radius 3 is 2.06 bits per heavy atom. The van der Waals surface area contributed by atoms with Crippen molar-refractivity contribution in [1.29, 1.82) is 0 Å². The molecule has 0 aliphatic carbocycles. The van der Waals surface area contributed by atoms with Gasteiger partial charge in [0.05, 0.1) is 0 Å². The monoisotopic (exact) mass is 262 g/mol. The number of ether oxygens (including phenoxy) is 5. The van der Waals surface area contributed by atoms with Crippen LogP contribution in [0.3, 0.4) is 0 Å². The molecule has 3 unspecified atom stereocenters. The Bertz CT molecular complexity index is 345.